The summed E-state index contributed by atoms with van der Waals surface area (Å²) in [6.07, 6.45) is 0. The zero-order valence-electron chi connectivity index (χ0n) is 12.2. The molecule has 0 aliphatic rings. The summed E-state index contributed by atoms with van der Waals surface area (Å²) >= 11 is 0. The van der Waals surface area contributed by atoms with E-state index in [0.29, 0.717) is 11.1 Å². The Bertz CT molecular complexity index is 787. The minimum Gasteiger partial charge on any atom is -0.744 e. The maximum absolute atomic E-state index is 10.5. The average Bonchev–Trinajstić information content (AvgIpc) is 2.37. The van der Waals surface area contributed by atoms with E-state index < -0.39 is 20.2 Å². The normalized spacial score (nSPS) is 11.0. The van der Waals surface area contributed by atoms with Crippen molar-refractivity contribution in [2.45, 2.75) is 23.6 Å². The van der Waals surface area contributed by atoms with Gasteiger partial charge >= 0.3 is 20.4 Å². The van der Waals surface area contributed by atoms with Gasteiger partial charge in [0.05, 0.1) is 9.79 Å². The van der Waals surface area contributed by atoms with Gasteiger partial charge < -0.3 is 9.11 Å². The maximum atomic E-state index is 10.5. The Morgan fingerprint density at radius 2 is 0.913 bits per heavy atom. The van der Waals surface area contributed by atoms with E-state index in [1.807, 2.05) is 0 Å². The first-order valence-corrected chi connectivity index (χ1v) is 8.88. The van der Waals surface area contributed by atoms with Crippen LogP contribution in [0.3, 0.4) is 0 Å². The molecule has 0 fully saturated rings. The zero-order chi connectivity index (χ0) is 17.0. The Balaban J connectivity index is 0.000000403. The van der Waals surface area contributed by atoms with Crippen molar-refractivity contribution in [3.05, 3.63) is 59.7 Å². The van der Waals surface area contributed by atoms with E-state index in [-0.39, 0.29) is 30.2 Å². The molecule has 2 aromatic carbocycles. The topological polar surface area (TPSA) is 114 Å². The molecule has 0 unspecified atom stereocenters. The molecule has 0 aliphatic heterocycles. The second-order valence-electron chi connectivity index (χ2n) is 4.44. The molecule has 0 aliphatic carbocycles. The van der Waals surface area contributed by atoms with Crippen LogP contribution in [0.15, 0.2) is 58.3 Å². The minimum absolute atomic E-state index is 0. The molecule has 0 atom stereocenters. The van der Waals surface area contributed by atoms with E-state index in [4.69, 9.17) is 0 Å². The number of rotatable bonds is 2. The maximum Gasteiger partial charge on any atom is 2.00 e. The van der Waals surface area contributed by atoms with E-state index in [9.17, 15) is 25.9 Å². The summed E-state index contributed by atoms with van der Waals surface area (Å²) in [5, 5.41) is 0. The van der Waals surface area contributed by atoms with Gasteiger partial charge in [-0.25, -0.2) is 16.8 Å². The van der Waals surface area contributed by atoms with E-state index in [1.165, 1.54) is 24.3 Å². The van der Waals surface area contributed by atoms with Gasteiger partial charge in [0.2, 0.25) is 0 Å². The van der Waals surface area contributed by atoms with Gasteiger partial charge in [-0.15, -0.1) is 0 Å². The predicted octanol–water partition coefficient (Wildman–Crippen LogP) is 1.80. The number of aryl methyl sites for hydroxylation is 2. The fraction of sp³-hybridized carbons (Fsp3) is 0.143. The summed E-state index contributed by atoms with van der Waals surface area (Å²) in [5.41, 5.74) is 0.977. The van der Waals surface area contributed by atoms with E-state index in [2.05, 4.69) is 0 Å². The van der Waals surface area contributed by atoms with E-state index in [1.54, 1.807) is 38.1 Å². The molecule has 9 heteroatoms. The third-order valence-electron chi connectivity index (χ3n) is 2.73. The van der Waals surface area contributed by atoms with Gasteiger partial charge in [-0.05, 0) is 37.1 Å². The Morgan fingerprint density at radius 3 is 1.09 bits per heavy atom. The van der Waals surface area contributed by atoms with Crippen LogP contribution >= 0.6 is 0 Å². The molecular weight excluding hydrogens is 435 g/mol. The first kappa shape index (κ1) is 21.9. The molecule has 23 heavy (non-hydrogen) atoms. The van der Waals surface area contributed by atoms with Crippen LogP contribution in [0.4, 0.5) is 0 Å². The van der Waals surface area contributed by atoms with Crippen LogP contribution in [0.1, 0.15) is 11.1 Å². The minimum atomic E-state index is -4.28. The number of benzene rings is 2. The molecular formula is C14H14O6PdS2. The Morgan fingerprint density at radius 1 is 0.652 bits per heavy atom. The van der Waals surface area contributed by atoms with E-state index in [0.717, 1.165) is 0 Å². The third kappa shape index (κ3) is 6.91. The van der Waals surface area contributed by atoms with Crippen molar-refractivity contribution in [1.82, 2.24) is 0 Å². The van der Waals surface area contributed by atoms with Crippen LogP contribution in [0, 0.1) is 13.8 Å². The second kappa shape index (κ2) is 8.68. The van der Waals surface area contributed by atoms with Gasteiger partial charge in [-0.1, -0.05) is 36.4 Å². The summed E-state index contributed by atoms with van der Waals surface area (Å²) < 4.78 is 63.0. The first-order valence-electron chi connectivity index (χ1n) is 6.06. The van der Waals surface area contributed by atoms with Crippen LogP contribution in [-0.2, 0) is 40.7 Å². The molecule has 0 amide bonds. The van der Waals surface area contributed by atoms with Gasteiger partial charge in [0, 0.05) is 0 Å². The molecule has 0 heterocycles. The quantitative estimate of drug-likeness (QED) is 0.511. The summed E-state index contributed by atoms with van der Waals surface area (Å²) in [5.74, 6) is 0. The standard InChI is InChI=1S/2C7H8O3S.Pd/c2*1-6-4-2-3-5-7(6)11(8,9)10;/h2*2-5H,1H3,(H,8,9,10);/q;;+2/p-2. The van der Waals surface area contributed by atoms with Crippen molar-refractivity contribution < 1.29 is 46.4 Å². The molecule has 128 valence electrons. The van der Waals surface area contributed by atoms with Crippen molar-refractivity contribution in [2.24, 2.45) is 0 Å². The molecule has 2 rings (SSSR count). The second-order valence-corrected chi connectivity index (χ2v) is 7.14. The molecule has 0 spiro atoms. The largest absolute Gasteiger partial charge is 2.00 e. The summed E-state index contributed by atoms with van der Waals surface area (Å²) in [7, 11) is -8.57. The van der Waals surface area contributed by atoms with Crippen molar-refractivity contribution in [3.63, 3.8) is 0 Å². The van der Waals surface area contributed by atoms with Gasteiger partial charge in [0.25, 0.3) is 0 Å². The zero-order valence-corrected chi connectivity index (χ0v) is 15.4. The molecule has 0 aromatic heterocycles. The molecule has 0 saturated carbocycles. The van der Waals surface area contributed by atoms with Crippen molar-refractivity contribution >= 4 is 20.2 Å². The van der Waals surface area contributed by atoms with Crippen LogP contribution in [0.25, 0.3) is 0 Å². The van der Waals surface area contributed by atoms with Gasteiger partial charge in [0.15, 0.2) is 0 Å². The third-order valence-corrected chi connectivity index (χ3v) is 4.72. The Hall–Kier alpha value is -1.08. The van der Waals surface area contributed by atoms with Crippen LogP contribution in [0.2, 0.25) is 0 Å². The van der Waals surface area contributed by atoms with E-state index >= 15 is 0 Å². The fourth-order valence-electron chi connectivity index (χ4n) is 1.67. The number of hydrogen-bond donors (Lipinski definition) is 0. The van der Waals surface area contributed by atoms with Gasteiger partial charge in [-0.3, -0.25) is 0 Å². The summed E-state index contributed by atoms with van der Waals surface area (Å²) in [6.45, 7) is 3.18. The molecule has 0 bridgehead atoms. The van der Waals surface area contributed by atoms with Crippen molar-refractivity contribution in [1.29, 1.82) is 0 Å². The first-order chi connectivity index (χ1) is 10.0. The smallest absolute Gasteiger partial charge is 0.744 e. The Kier molecular flexibility index (Phi) is 8.28. The van der Waals surface area contributed by atoms with Crippen LogP contribution in [0.5, 0.6) is 0 Å². The Labute approximate surface area is 149 Å². The van der Waals surface area contributed by atoms with Crippen molar-refractivity contribution in [2.75, 3.05) is 0 Å². The average molecular weight is 449 g/mol. The molecule has 0 saturated heterocycles. The summed E-state index contributed by atoms with van der Waals surface area (Å²) in [6, 6.07) is 12.2. The molecule has 0 radical (unpaired) electrons. The molecule has 0 N–H and O–H groups in total. The summed E-state index contributed by atoms with van der Waals surface area (Å²) in [4.78, 5) is -0.278. The predicted molar refractivity (Wildman–Crippen MR) is 78.3 cm³/mol. The fourth-order valence-corrected chi connectivity index (χ4v) is 3.09. The van der Waals surface area contributed by atoms with Gasteiger partial charge in [0.1, 0.15) is 20.2 Å². The number of hydrogen-bond acceptors (Lipinski definition) is 6. The molecule has 2 aromatic rings. The van der Waals surface area contributed by atoms with Gasteiger partial charge in [-0.2, -0.15) is 0 Å². The molecule has 6 nitrogen and oxygen atoms in total. The monoisotopic (exact) mass is 448 g/mol. The van der Waals surface area contributed by atoms with Crippen LogP contribution in [-0.4, -0.2) is 25.9 Å². The SMILES string of the molecule is Cc1ccccc1S(=O)(=O)[O-].Cc1ccccc1S(=O)(=O)[O-].[Pd+2]. The van der Waals surface area contributed by atoms with Crippen molar-refractivity contribution in [3.8, 4) is 0 Å². The van der Waals surface area contributed by atoms with Crippen LogP contribution < -0.4 is 0 Å².